The topological polar surface area (TPSA) is 72.2 Å². The molecule has 1 aromatic heterocycles. The lowest BCUT2D eigenvalue weighted by atomic mass is 9.98. The summed E-state index contributed by atoms with van der Waals surface area (Å²) in [5.41, 5.74) is 2.17. The molecular weight excluding hydrogens is 268 g/mol. The van der Waals surface area contributed by atoms with Crippen LogP contribution in [0.2, 0.25) is 0 Å². The van der Waals surface area contributed by atoms with E-state index < -0.39 is 11.9 Å². The van der Waals surface area contributed by atoms with Crippen LogP contribution in [0.3, 0.4) is 0 Å². The number of nitrogens with zero attached hydrogens (tertiary/aromatic N) is 2. The van der Waals surface area contributed by atoms with Crippen LogP contribution in [0.25, 0.3) is 0 Å². The van der Waals surface area contributed by atoms with Crippen LogP contribution in [0.4, 0.5) is 0 Å². The molecule has 1 N–H and O–H groups in total. The minimum atomic E-state index is -0.827. The number of hydrogen-bond donors (Lipinski definition) is 1. The van der Waals surface area contributed by atoms with E-state index in [-0.39, 0.29) is 11.7 Å². The quantitative estimate of drug-likeness (QED) is 0.839. The number of carboxylic acid groups (broad SMARTS) is 1. The first-order chi connectivity index (χ1) is 9.83. The van der Waals surface area contributed by atoms with Gasteiger partial charge in [0, 0.05) is 17.4 Å². The minimum Gasteiger partial charge on any atom is -0.481 e. The average Bonchev–Trinajstić information content (AvgIpc) is 2.41. The van der Waals surface area contributed by atoms with Crippen molar-refractivity contribution in [2.75, 3.05) is 0 Å². The van der Waals surface area contributed by atoms with Gasteiger partial charge in [-0.3, -0.25) is 9.36 Å². The molecule has 0 fully saturated rings. The van der Waals surface area contributed by atoms with Crippen molar-refractivity contribution in [1.82, 2.24) is 9.55 Å². The van der Waals surface area contributed by atoms with Crippen LogP contribution in [0.5, 0.6) is 0 Å². The highest BCUT2D eigenvalue weighted by Gasteiger charge is 2.20. The lowest BCUT2D eigenvalue weighted by Crippen LogP contribution is -2.31. The van der Waals surface area contributed by atoms with Crippen molar-refractivity contribution in [2.24, 2.45) is 5.92 Å². The predicted molar refractivity (Wildman–Crippen MR) is 82.7 cm³/mol. The molecule has 0 saturated carbocycles. The van der Waals surface area contributed by atoms with Gasteiger partial charge in [0.2, 0.25) is 0 Å². The van der Waals surface area contributed by atoms with E-state index >= 15 is 0 Å². The van der Waals surface area contributed by atoms with Crippen molar-refractivity contribution in [3.05, 3.63) is 27.4 Å². The number of aromatic nitrogens is 2. The van der Waals surface area contributed by atoms with Crippen LogP contribution >= 0.6 is 0 Å². The molecular formula is C16H26N2O3. The molecule has 0 bridgehead atoms. The molecule has 1 aromatic rings. The molecule has 0 aromatic carbocycles. The second kappa shape index (κ2) is 7.38. The molecule has 0 aliphatic rings. The summed E-state index contributed by atoms with van der Waals surface area (Å²) in [4.78, 5) is 27.4. The second-order valence-electron chi connectivity index (χ2n) is 5.71. The van der Waals surface area contributed by atoms with Crippen molar-refractivity contribution < 1.29 is 9.90 Å². The zero-order valence-corrected chi connectivity index (χ0v) is 13.6. The Hall–Kier alpha value is -1.65. The highest BCUT2D eigenvalue weighted by molar-refractivity contribution is 5.70. The molecule has 5 heteroatoms. The summed E-state index contributed by atoms with van der Waals surface area (Å²) in [6, 6.07) is 0.134. The maximum atomic E-state index is 12.2. The smallest absolute Gasteiger partial charge is 0.348 e. The van der Waals surface area contributed by atoms with Gasteiger partial charge >= 0.3 is 11.7 Å². The highest BCUT2D eigenvalue weighted by Crippen LogP contribution is 2.22. The molecule has 2 atom stereocenters. The normalized spacial score (nSPS) is 14.0. The van der Waals surface area contributed by atoms with Crippen LogP contribution in [0.15, 0.2) is 4.79 Å². The Kier molecular flexibility index (Phi) is 6.12. The fourth-order valence-corrected chi connectivity index (χ4v) is 2.78. The van der Waals surface area contributed by atoms with Gasteiger partial charge in [0.1, 0.15) is 0 Å². The van der Waals surface area contributed by atoms with Gasteiger partial charge in [0.15, 0.2) is 0 Å². The van der Waals surface area contributed by atoms with E-state index in [1.54, 1.807) is 18.4 Å². The molecule has 5 nitrogen and oxygen atoms in total. The van der Waals surface area contributed by atoms with E-state index in [0.29, 0.717) is 12.1 Å². The minimum absolute atomic E-state index is 0.134. The van der Waals surface area contributed by atoms with Crippen LogP contribution in [0, 0.1) is 19.8 Å². The highest BCUT2D eigenvalue weighted by atomic mass is 16.4. The molecule has 0 radical (unpaired) electrons. The summed E-state index contributed by atoms with van der Waals surface area (Å²) in [6.45, 7) is 9.52. The molecule has 0 aliphatic carbocycles. The third kappa shape index (κ3) is 3.93. The van der Waals surface area contributed by atoms with E-state index in [4.69, 9.17) is 5.11 Å². The summed E-state index contributed by atoms with van der Waals surface area (Å²) in [6.07, 6.45) is 3.20. The molecule has 118 valence electrons. The summed E-state index contributed by atoms with van der Waals surface area (Å²) >= 11 is 0. The molecule has 2 unspecified atom stereocenters. The fourth-order valence-electron chi connectivity index (χ4n) is 2.78. The Morgan fingerprint density at radius 3 is 2.43 bits per heavy atom. The predicted octanol–water partition coefficient (Wildman–Crippen LogP) is 2.87. The number of rotatable bonds is 7. The Morgan fingerprint density at radius 2 is 1.95 bits per heavy atom. The molecule has 0 amide bonds. The zero-order chi connectivity index (χ0) is 16.2. The maximum absolute atomic E-state index is 12.2. The van der Waals surface area contributed by atoms with Gasteiger partial charge in [0.05, 0.1) is 5.92 Å². The molecule has 0 aliphatic heterocycles. The first-order valence-corrected chi connectivity index (χ1v) is 7.64. The third-order valence-electron chi connectivity index (χ3n) is 4.09. The van der Waals surface area contributed by atoms with E-state index in [1.165, 1.54) is 0 Å². The molecule has 1 heterocycles. The maximum Gasteiger partial charge on any atom is 0.348 e. The van der Waals surface area contributed by atoms with Crippen LogP contribution < -0.4 is 5.69 Å². The first-order valence-electron chi connectivity index (χ1n) is 7.64. The van der Waals surface area contributed by atoms with Crippen LogP contribution in [-0.4, -0.2) is 20.6 Å². The lowest BCUT2D eigenvalue weighted by Gasteiger charge is -2.23. The Bertz CT molecular complexity index is 563. The number of carbonyl (C=O) groups is 1. The van der Waals surface area contributed by atoms with Crippen molar-refractivity contribution >= 4 is 5.97 Å². The number of hydrogen-bond acceptors (Lipinski definition) is 3. The number of aryl methyl sites for hydroxylation is 1. The van der Waals surface area contributed by atoms with Crippen molar-refractivity contribution in [3.63, 3.8) is 0 Å². The van der Waals surface area contributed by atoms with E-state index in [0.717, 1.165) is 30.5 Å². The van der Waals surface area contributed by atoms with Gasteiger partial charge in [-0.1, -0.05) is 27.2 Å². The Balaban J connectivity index is 3.34. The second-order valence-corrected chi connectivity index (χ2v) is 5.71. The molecule has 0 spiro atoms. The standard InChI is InChI=1S/C16H26N2O3/c1-6-8-13(7-2)18-12(5)14(9-10(3)15(19)20)11(4)17-16(18)21/h10,13H,6-9H2,1-5H3,(H,19,20). The van der Waals surface area contributed by atoms with Gasteiger partial charge in [-0.05, 0) is 38.7 Å². The summed E-state index contributed by atoms with van der Waals surface area (Å²) < 4.78 is 1.75. The van der Waals surface area contributed by atoms with Crippen molar-refractivity contribution in [2.45, 2.75) is 66.3 Å². The summed E-state index contributed by atoms with van der Waals surface area (Å²) in [5, 5.41) is 9.10. The first kappa shape index (κ1) is 17.4. The summed E-state index contributed by atoms with van der Waals surface area (Å²) in [5.74, 6) is -1.31. The molecule has 0 saturated heterocycles. The van der Waals surface area contributed by atoms with Crippen LogP contribution in [0.1, 0.15) is 63.0 Å². The summed E-state index contributed by atoms with van der Waals surface area (Å²) in [7, 11) is 0. The lowest BCUT2D eigenvalue weighted by molar-refractivity contribution is -0.141. The van der Waals surface area contributed by atoms with Gasteiger partial charge < -0.3 is 5.11 Å². The third-order valence-corrected chi connectivity index (χ3v) is 4.09. The van der Waals surface area contributed by atoms with Gasteiger partial charge in [-0.25, -0.2) is 4.79 Å². The molecule has 21 heavy (non-hydrogen) atoms. The van der Waals surface area contributed by atoms with E-state index in [9.17, 15) is 9.59 Å². The SMILES string of the molecule is CCCC(CC)n1c(C)c(CC(C)C(=O)O)c(C)nc1=O. The molecule has 1 rings (SSSR count). The number of carboxylic acids is 1. The Labute approximate surface area is 126 Å². The zero-order valence-electron chi connectivity index (χ0n) is 13.6. The van der Waals surface area contributed by atoms with Gasteiger partial charge in [-0.2, -0.15) is 4.98 Å². The van der Waals surface area contributed by atoms with Crippen molar-refractivity contribution in [3.8, 4) is 0 Å². The fraction of sp³-hybridized carbons (Fsp3) is 0.688. The number of aliphatic carboxylic acids is 1. The van der Waals surface area contributed by atoms with E-state index in [2.05, 4.69) is 18.8 Å². The van der Waals surface area contributed by atoms with Crippen molar-refractivity contribution in [1.29, 1.82) is 0 Å². The van der Waals surface area contributed by atoms with Crippen LogP contribution in [-0.2, 0) is 11.2 Å². The monoisotopic (exact) mass is 294 g/mol. The van der Waals surface area contributed by atoms with Gasteiger partial charge in [-0.15, -0.1) is 0 Å². The average molecular weight is 294 g/mol. The largest absolute Gasteiger partial charge is 0.481 e. The van der Waals surface area contributed by atoms with Gasteiger partial charge in [0.25, 0.3) is 0 Å². The Morgan fingerprint density at radius 1 is 1.33 bits per heavy atom. The van der Waals surface area contributed by atoms with E-state index in [1.807, 2.05) is 6.92 Å².